The minimum atomic E-state index is -0.774. The van der Waals surface area contributed by atoms with Gasteiger partial charge in [0.2, 0.25) is 0 Å². The molecule has 0 fully saturated rings. The molecule has 0 N–H and O–H groups in total. The van der Waals surface area contributed by atoms with Gasteiger partial charge in [-0.1, -0.05) is 347 Å². The molecule has 1 atom stereocenters. The summed E-state index contributed by atoms with van der Waals surface area (Å²) >= 11 is 0. The first-order valence-electron chi connectivity index (χ1n) is 34.8. The van der Waals surface area contributed by atoms with E-state index in [1.165, 1.54) is 276 Å². The van der Waals surface area contributed by atoms with Crippen LogP contribution in [-0.2, 0) is 28.6 Å². The molecule has 0 rings (SSSR count). The molecule has 0 spiro atoms. The number of carbonyl (C=O) groups excluding carboxylic acids is 3. The van der Waals surface area contributed by atoms with E-state index in [1.54, 1.807) is 0 Å². The van der Waals surface area contributed by atoms with Gasteiger partial charge in [0.15, 0.2) is 6.10 Å². The van der Waals surface area contributed by atoms with Gasteiger partial charge in [-0.15, -0.1) is 0 Å². The van der Waals surface area contributed by atoms with Crippen LogP contribution in [0.1, 0.15) is 393 Å². The number of esters is 3. The Morgan fingerprint density at radius 3 is 0.740 bits per heavy atom. The fraction of sp³-hybridized carbons (Fsp3) is 0.901. The Bertz CT molecular complexity index is 1240. The van der Waals surface area contributed by atoms with E-state index in [-0.39, 0.29) is 31.1 Å². The van der Waals surface area contributed by atoms with Crippen molar-refractivity contribution < 1.29 is 28.6 Å². The number of hydrogen-bond donors (Lipinski definition) is 0. The normalized spacial score (nSPS) is 12.1. The van der Waals surface area contributed by atoms with Crippen LogP contribution in [0, 0.1) is 0 Å². The van der Waals surface area contributed by atoms with Gasteiger partial charge in [0.1, 0.15) is 13.2 Å². The summed E-state index contributed by atoms with van der Waals surface area (Å²) in [5.74, 6) is -0.851. The molecule has 0 aliphatic heterocycles. The lowest BCUT2D eigenvalue weighted by Crippen LogP contribution is -2.30. The van der Waals surface area contributed by atoms with Gasteiger partial charge in [-0.05, 0) is 51.4 Å². The second-order valence-electron chi connectivity index (χ2n) is 23.8. The molecule has 0 radical (unpaired) electrons. The number of ether oxygens (including phenoxy) is 3. The molecular formula is C71H134O6. The number of allylic oxidation sites excluding steroid dienone is 4. The summed E-state index contributed by atoms with van der Waals surface area (Å²) in [6.07, 6.45) is 80.6. The molecule has 6 heteroatoms. The van der Waals surface area contributed by atoms with E-state index in [9.17, 15) is 14.4 Å². The average molecular weight is 1080 g/mol. The third-order valence-electron chi connectivity index (χ3n) is 16.0. The number of carbonyl (C=O) groups is 3. The van der Waals surface area contributed by atoms with Crippen molar-refractivity contribution in [2.45, 2.75) is 399 Å². The van der Waals surface area contributed by atoms with E-state index in [0.29, 0.717) is 19.3 Å². The van der Waals surface area contributed by atoms with Gasteiger partial charge >= 0.3 is 17.9 Å². The third kappa shape index (κ3) is 64.6. The van der Waals surface area contributed by atoms with Crippen molar-refractivity contribution >= 4 is 17.9 Å². The smallest absolute Gasteiger partial charge is 0.306 e. The largest absolute Gasteiger partial charge is 0.462 e. The van der Waals surface area contributed by atoms with Crippen LogP contribution in [0.25, 0.3) is 0 Å². The first kappa shape index (κ1) is 74.9. The molecule has 0 bridgehead atoms. The van der Waals surface area contributed by atoms with Gasteiger partial charge in [-0.2, -0.15) is 0 Å². The summed E-state index contributed by atoms with van der Waals surface area (Å²) in [6, 6.07) is 0. The van der Waals surface area contributed by atoms with Gasteiger partial charge in [-0.3, -0.25) is 14.4 Å². The average Bonchev–Trinajstić information content (AvgIpc) is 3.43. The molecule has 0 aromatic carbocycles. The molecule has 0 aromatic rings. The minimum absolute atomic E-state index is 0.0692. The second-order valence-corrected chi connectivity index (χ2v) is 23.8. The zero-order valence-electron chi connectivity index (χ0n) is 52.3. The Kier molecular flexibility index (Phi) is 64.6. The molecule has 77 heavy (non-hydrogen) atoms. The van der Waals surface area contributed by atoms with Crippen molar-refractivity contribution in [2.75, 3.05) is 13.2 Å². The zero-order chi connectivity index (χ0) is 55.7. The Morgan fingerprint density at radius 2 is 0.468 bits per heavy atom. The topological polar surface area (TPSA) is 78.9 Å². The first-order chi connectivity index (χ1) is 38.0. The van der Waals surface area contributed by atoms with Gasteiger partial charge in [0, 0.05) is 19.3 Å². The SMILES string of the molecule is CCCCC/C=C\C/C=C\CCCCCCCC(=O)OCC(COC(=O)CCCCCCCCCCCCCCCCCCCCCCCCCC)OC(=O)CCCCCCCCCCCCCCCCCCCCCC. The molecule has 0 aromatic heterocycles. The molecular weight excluding hydrogens is 949 g/mol. The van der Waals surface area contributed by atoms with E-state index in [0.717, 1.165) is 77.0 Å². The van der Waals surface area contributed by atoms with Crippen LogP contribution < -0.4 is 0 Å². The molecule has 0 saturated heterocycles. The molecule has 1 unspecified atom stereocenters. The molecule has 0 aliphatic carbocycles. The van der Waals surface area contributed by atoms with Crippen LogP contribution in [0.5, 0.6) is 0 Å². The van der Waals surface area contributed by atoms with Crippen molar-refractivity contribution in [2.24, 2.45) is 0 Å². The number of rotatable bonds is 65. The van der Waals surface area contributed by atoms with E-state index in [2.05, 4.69) is 45.1 Å². The molecule has 0 saturated carbocycles. The van der Waals surface area contributed by atoms with Crippen molar-refractivity contribution in [3.05, 3.63) is 24.3 Å². The Labute approximate surface area is 481 Å². The number of unbranched alkanes of at least 4 members (excludes halogenated alkanes) is 50. The van der Waals surface area contributed by atoms with Crippen LogP contribution in [0.2, 0.25) is 0 Å². The highest BCUT2D eigenvalue weighted by atomic mass is 16.6. The molecule has 0 heterocycles. The summed E-state index contributed by atoms with van der Waals surface area (Å²) in [5, 5.41) is 0. The Morgan fingerprint density at radius 1 is 0.260 bits per heavy atom. The van der Waals surface area contributed by atoms with Gasteiger partial charge < -0.3 is 14.2 Å². The fourth-order valence-electron chi connectivity index (χ4n) is 10.7. The molecule has 0 aliphatic rings. The molecule has 6 nitrogen and oxygen atoms in total. The van der Waals surface area contributed by atoms with Crippen LogP contribution in [0.15, 0.2) is 24.3 Å². The maximum atomic E-state index is 12.9. The Hall–Kier alpha value is -2.11. The maximum Gasteiger partial charge on any atom is 0.306 e. The molecule has 0 amide bonds. The van der Waals surface area contributed by atoms with Crippen molar-refractivity contribution in [1.82, 2.24) is 0 Å². The highest BCUT2D eigenvalue weighted by molar-refractivity contribution is 5.71. The summed E-state index contributed by atoms with van der Waals surface area (Å²) in [7, 11) is 0. The minimum Gasteiger partial charge on any atom is -0.462 e. The maximum absolute atomic E-state index is 12.9. The first-order valence-corrected chi connectivity index (χ1v) is 34.8. The summed E-state index contributed by atoms with van der Waals surface area (Å²) in [4.78, 5) is 38.4. The second kappa shape index (κ2) is 66.4. The van der Waals surface area contributed by atoms with Crippen LogP contribution >= 0.6 is 0 Å². The number of hydrogen-bond acceptors (Lipinski definition) is 6. The fourth-order valence-corrected chi connectivity index (χ4v) is 10.7. The summed E-state index contributed by atoms with van der Waals surface area (Å²) < 4.78 is 17.0. The van der Waals surface area contributed by atoms with Gasteiger partial charge in [0.25, 0.3) is 0 Å². The van der Waals surface area contributed by atoms with Crippen molar-refractivity contribution in [3.8, 4) is 0 Å². The third-order valence-corrected chi connectivity index (χ3v) is 16.0. The standard InChI is InChI=1S/C71H134O6/c1-4-7-10-13-16-19-22-25-28-30-32-34-35-36-37-39-40-43-46-49-52-55-58-61-64-70(73)76-67-68(66-75-69(72)63-60-57-54-51-48-45-42-27-24-21-18-15-12-9-6-3)77-71(74)65-62-59-56-53-50-47-44-41-38-33-31-29-26-23-20-17-14-11-8-5-2/h18,21,27,42,68H,4-17,19-20,22-26,28-41,43-67H2,1-3H3/b21-18-,42-27-. The highest BCUT2D eigenvalue weighted by Crippen LogP contribution is 2.19. The quantitative estimate of drug-likeness (QED) is 0.0261. The zero-order valence-corrected chi connectivity index (χ0v) is 52.3. The van der Waals surface area contributed by atoms with Crippen LogP contribution in [-0.4, -0.2) is 37.2 Å². The Balaban J connectivity index is 4.26. The van der Waals surface area contributed by atoms with E-state index in [4.69, 9.17) is 14.2 Å². The van der Waals surface area contributed by atoms with Gasteiger partial charge in [-0.25, -0.2) is 0 Å². The highest BCUT2D eigenvalue weighted by Gasteiger charge is 2.19. The monoisotopic (exact) mass is 1080 g/mol. The van der Waals surface area contributed by atoms with Crippen molar-refractivity contribution in [3.63, 3.8) is 0 Å². The molecule has 454 valence electrons. The van der Waals surface area contributed by atoms with Crippen molar-refractivity contribution in [1.29, 1.82) is 0 Å². The lowest BCUT2D eigenvalue weighted by molar-refractivity contribution is -0.167. The summed E-state index contributed by atoms with van der Waals surface area (Å²) in [5.41, 5.74) is 0. The van der Waals surface area contributed by atoms with Gasteiger partial charge in [0.05, 0.1) is 0 Å². The van der Waals surface area contributed by atoms with Crippen LogP contribution in [0.4, 0.5) is 0 Å². The van der Waals surface area contributed by atoms with E-state index in [1.807, 2.05) is 0 Å². The van der Waals surface area contributed by atoms with E-state index < -0.39 is 6.10 Å². The summed E-state index contributed by atoms with van der Waals surface area (Å²) in [6.45, 7) is 6.69. The van der Waals surface area contributed by atoms with E-state index >= 15 is 0 Å². The van der Waals surface area contributed by atoms with Crippen LogP contribution in [0.3, 0.4) is 0 Å². The predicted octanol–water partition coefficient (Wildman–Crippen LogP) is 23.8. The predicted molar refractivity (Wildman–Crippen MR) is 335 cm³/mol. The lowest BCUT2D eigenvalue weighted by Gasteiger charge is -2.18. The lowest BCUT2D eigenvalue weighted by atomic mass is 10.0.